The fourth-order valence-corrected chi connectivity index (χ4v) is 0.859. The van der Waals surface area contributed by atoms with Crippen LogP contribution in [0.25, 0.3) is 0 Å². The molecule has 0 spiro atoms. The van der Waals surface area contributed by atoms with Gasteiger partial charge in [0.05, 0.1) is 32.1 Å². The predicted octanol–water partition coefficient (Wildman–Crippen LogP) is 0.951. The van der Waals surface area contributed by atoms with E-state index in [1.54, 1.807) is 18.0 Å². The maximum Gasteiger partial charge on any atom is 0.224 e. The van der Waals surface area contributed by atoms with Crippen molar-refractivity contribution in [3.8, 4) is 6.07 Å². The first-order valence-electron chi connectivity index (χ1n) is 4.52. The van der Waals surface area contributed by atoms with Gasteiger partial charge in [0.25, 0.3) is 0 Å². The summed E-state index contributed by atoms with van der Waals surface area (Å²) in [7, 11) is 1.69. The molecule has 0 rings (SSSR count). The second kappa shape index (κ2) is 8.27. The third-order valence-corrected chi connectivity index (χ3v) is 1.68. The van der Waals surface area contributed by atoms with Gasteiger partial charge in [-0.1, -0.05) is 6.08 Å². The van der Waals surface area contributed by atoms with Crippen molar-refractivity contribution in [2.24, 2.45) is 0 Å². The van der Waals surface area contributed by atoms with Gasteiger partial charge >= 0.3 is 0 Å². The van der Waals surface area contributed by atoms with Crippen molar-refractivity contribution in [2.75, 3.05) is 26.8 Å². The summed E-state index contributed by atoms with van der Waals surface area (Å²) < 4.78 is 5.08. The smallest absolute Gasteiger partial charge is 0.224 e. The summed E-state index contributed by atoms with van der Waals surface area (Å²) in [6.45, 7) is 4.85. The number of carbonyl (C=O) groups excluding carboxylic acids is 1. The lowest BCUT2D eigenvalue weighted by atomic mass is 10.3. The molecule has 1 amide bonds. The molecule has 78 valence electrons. The number of hydrogen-bond donors (Lipinski definition) is 0. The Morgan fingerprint density at radius 1 is 1.71 bits per heavy atom. The number of nitriles is 1. The van der Waals surface area contributed by atoms with Crippen molar-refractivity contribution in [2.45, 2.75) is 12.8 Å². The standard InChI is InChI=1S/C10H16N2O2/c1-3-8-14-9-5-10(13)12(2)7-4-6-11/h3H,1,4-5,7-9H2,2H3. The lowest BCUT2D eigenvalue weighted by molar-refractivity contribution is -0.130. The summed E-state index contributed by atoms with van der Waals surface area (Å²) in [4.78, 5) is 12.9. The SMILES string of the molecule is C=CCOCCC(=O)N(C)CCC#N. The Balaban J connectivity index is 3.52. The Labute approximate surface area is 84.8 Å². The molecule has 0 aromatic heterocycles. The molecule has 0 unspecified atom stereocenters. The number of nitrogens with zero attached hydrogens (tertiary/aromatic N) is 2. The lowest BCUT2D eigenvalue weighted by Gasteiger charge is -2.14. The van der Waals surface area contributed by atoms with E-state index in [1.807, 2.05) is 6.07 Å². The van der Waals surface area contributed by atoms with E-state index < -0.39 is 0 Å². The van der Waals surface area contributed by atoms with E-state index in [1.165, 1.54) is 0 Å². The molecule has 0 N–H and O–H groups in total. The Bertz CT molecular complexity index is 221. The zero-order chi connectivity index (χ0) is 10.8. The van der Waals surface area contributed by atoms with Crippen LogP contribution < -0.4 is 0 Å². The summed E-state index contributed by atoms with van der Waals surface area (Å²) in [5, 5.41) is 8.32. The normalized spacial score (nSPS) is 9.14. The molecule has 0 radical (unpaired) electrons. The predicted molar refractivity (Wildman–Crippen MR) is 53.5 cm³/mol. The van der Waals surface area contributed by atoms with Gasteiger partial charge in [0.2, 0.25) is 5.91 Å². The molecular formula is C10H16N2O2. The van der Waals surface area contributed by atoms with Gasteiger partial charge in [0.1, 0.15) is 0 Å². The summed E-state index contributed by atoms with van der Waals surface area (Å²) in [6, 6.07) is 1.99. The van der Waals surface area contributed by atoms with Crippen molar-refractivity contribution in [3.63, 3.8) is 0 Å². The molecule has 0 bridgehead atoms. The van der Waals surface area contributed by atoms with E-state index in [9.17, 15) is 4.79 Å². The highest BCUT2D eigenvalue weighted by molar-refractivity contribution is 5.75. The van der Waals surface area contributed by atoms with Crippen molar-refractivity contribution in [3.05, 3.63) is 12.7 Å². The van der Waals surface area contributed by atoms with Gasteiger partial charge in [0, 0.05) is 13.6 Å². The van der Waals surface area contributed by atoms with Crippen LogP contribution >= 0.6 is 0 Å². The fourth-order valence-electron chi connectivity index (χ4n) is 0.859. The minimum atomic E-state index is 0.00399. The Hall–Kier alpha value is -1.34. The molecule has 0 aliphatic heterocycles. The Morgan fingerprint density at radius 3 is 3.00 bits per heavy atom. The van der Waals surface area contributed by atoms with Gasteiger partial charge in [-0.15, -0.1) is 6.58 Å². The van der Waals surface area contributed by atoms with Crippen LogP contribution in [-0.2, 0) is 9.53 Å². The zero-order valence-corrected chi connectivity index (χ0v) is 8.53. The minimum absolute atomic E-state index is 0.00399. The van der Waals surface area contributed by atoms with Crippen LogP contribution in [0.5, 0.6) is 0 Å². The summed E-state index contributed by atoms with van der Waals surface area (Å²) in [5.41, 5.74) is 0. The Morgan fingerprint density at radius 2 is 2.43 bits per heavy atom. The molecule has 0 heterocycles. The summed E-state index contributed by atoms with van der Waals surface area (Å²) in [6.07, 6.45) is 2.37. The molecule has 0 aliphatic carbocycles. The van der Waals surface area contributed by atoms with Gasteiger partial charge in [-0.25, -0.2) is 0 Å². The molecule has 0 aromatic rings. The first kappa shape index (κ1) is 12.7. The van der Waals surface area contributed by atoms with Crippen molar-refractivity contribution >= 4 is 5.91 Å². The number of hydrogen-bond acceptors (Lipinski definition) is 3. The highest BCUT2D eigenvalue weighted by Crippen LogP contribution is 1.93. The van der Waals surface area contributed by atoms with Crippen LogP contribution in [0.1, 0.15) is 12.8 Å². The van der Waals surface area contributed by atoms with Gasteiger partial charge < -0.3 is 9.64 Å². The molecule has 0 saturated heterocycles. The summed E-state index contributed by atoms with van der Waals surface area (Å²) in [5.74, 6) is 0.00399. The first-order chi connectivity index (χ1) is 6.72. The second-order valence-corrected chi connectivity index (χ2v) is 2.84. The highest BCUT2D eigenvalue weighted by atomic mass is 16.5. The average molecular weight is 196 g/mol. The molecule has 4 nitrogen and oxygen atoms in total. The maximum absolute atomic E-state index is 11.3. The minimum Gasteiger partial charge on any atom is -0.377 e. The lowest BCUT2D eigenvalue weighted by Crippen LogP contribution is -2.28. The van der Waals surface area contributed by atoms with Crippen LogP contribution in [0.3, 0.4) is 0 Å². The van der Waals surface area contributed by atoms with Gasteiger partial charge in [-0.2, -0.15) is 5.26 Å². The second-order valence-electron chi connectivity index (χ2n) is 2.84. The largest absolute Gasteiger partial charge is 0.377 e. The Kier molecular flexibility index (Phi) is 7.48. The molecule has 0 fully saturated rings. The highest BCUT2D eigenvalue weighted by Gasteiger charge is 2.06. The van der Waals surface area contributed by atoms with Crippen LogP contribution in [0.2, 0.25) is 0 Å². The number of carbonyl (C=O) groups is 1. The third kappa shape index (κ3) is 6.21. The van der Waals surface area contributed by atoms with Crippen LogP contribution in [0.4, 0.5) is 0 Å². The van der Waals surface area contributed by atoms with Crippen LogP contribution in [-0.4, -0.2) is 37.6 Å². The molecule has 0 atom stereocenters. The number of ether oxygens (including phenoxy) is 1. The van der Waals surface area contributed by atoms with E-state index in [0.29, 0.717) is 32.6 Å². The van der Waals surface area contributed by atoms with Gasteiger partial charge in [0.15, 0.2) is 0 Å². The monoisotopic (exact) mass is 196 g/mol. The van der Waals surface area contributed by atoms with Crippen molar-refractivity contribution in [1.82, 2.24) is 4.90 Å². The maximum atomic E-state index is 11.3. The number of rotatable bonds is 7. The van der Waals surface area contributed by atoms with E-state index in [4.69, 9.17) is 10.00 Å². The van der Waals surface area contributed by atoms with Gasteiger partial charge in [-0.05, 0) is 0 Å². The fraction of sp³-hybridized carbons (Fsp3) is 0.600. The van der Waals surface area contributed by atoms with Crippen LogP contribution in [0.15, 0.2) is 12.7 Å². The van der Waals surface area contributed by atoms with E-state index >= 15 is 0 Å². The zero-order valence-electron chi connectivity index (χ0n) is 8.53. The molecular weight excluding hydrogens is 180 g/mol. The number of amides is 1. The van der Waals surface area contributed by atoms with E-state index in [2.05, 4.69) is 6.58 Å². The third-order valence-electron chi connectivity index (χ3n) is 1.68. The molecule has 0 aliphatic rings. The average Bonchev–Trinajstić information content (AvgIpc) is 2.20. The molecule has 0 saturated carbocycles. The molecule has 14 heavy (non-hydrogen) atoms. The van der Waals surface area contributed by atoms with E-state index in [-0.39, 0.29) is 5.91 Å². The van der Waals surface area contributed by atoms with Crippen molar-refractivity contribution < 1.29 is 9.53 Å². The topological polar surface area (TPSA) is 53.3 Å². The first-order valence-corrected chi connectivity index (χ1v) is 4.52. The summed E-state index contributed by atoms with van der Waals surface area (Å²) >= 11 is 0. The molecule has 4 heteroatoms. The van der Waals surface area contributed by atoms with Gasteiger partial charge in [-0.3, -0.25) is 4.79 Å². The van der Waals surface area contributed by atoms with Crippen LogP contribution in [0, 0.1) is 11.3 Å². The van der Waals surface area contributed by atoms with E-state index in [0.717, 1.165) is 0 Å². The quantitative estimate of drug-likeness (QED) is 0.450. The van der Waals surface area contributed by atoms with Crippen molar-refractivity contribution in [1.29, 1.82) is 5.26 Å². The molecule has 0 aromatic carbocycles.